The Morgan fingerprint density at radius 1 is 1.48 bits per heavy atom. The summed E-state index contributed by atoms with van der Waals surface area (Å²) >= 11 is 1.34. The lowest BCUT2D eigenvalue weighted by atomic mass is 10.0. The zero-order valence-electron chi connectivity index (χ0n) is 14.0. The summed E-state index contributed by atoms with van der Waals surface area (Å²) in [6.07, 6.45) is 5.42. The molecule has 0 spiro atoms. The molecule has 0 saturated carbocycles. The van der Waals surface area contributed by atoms with Gasteiger partial charge in [-0.15, -0.1) is 0 Å². The van der Waals surface area contributed by atoms with Crippen LogP contribution in [0.3, 0.4) is 0 Å². The number of ether oxygens (including phenoxy) is 1. The summed E-state index contributed by atoms with van der Waals surface area (Å²) in [5.41, 5.74) is 1.18. The van der Waals surface area contributed by atoms with E-state index in [-0.39, 0.29) is 10.4 Å². The molecule has 23 heavy (non-hydrogen) atoms. The first kappa shape index (κ1) is 17.7. The highest BCUT2D eigenvalue weighted by molar-refractivity contribution is 8.14. The zero-order valence-corrected chi connectivity index (χ0v) is 14.8. The molecule has 0 radical (unpaired) electrons. The standard InChI is InChI=1S/C16H23N3O3S/c1-11(20)23-14-5-6-17-8-12(14)7-13-9-18-10-19(13)15(21)22-16(2,3)4/h7,9-10,14,17H,5-6,8H2,1-4H3. The summed E-state index contributed by atoms with van der Waals surface area (Å²) < 4.78 is 6.77. The maximum absolute atomic E-state index is 12.2. The number of imidazole rings is 1. The minimum atomic E-state index is -0.564. The fraction of sp³-hybridized carbons (Fsp3) is 0.562. The molecular formula is C16H23N3O3S. The van der Waals surface area contributed by atoms with E-state index >= 15 is 0 Å². The van der Waals surface area contributed by atoms with Gasteiger partial charge >= 0.3 is 6.09 Å². The predicted octanol–water partition coefficient (Wildman–Crippen LogP) is 2.69. The molecule has 0 aliphatic carbocycles. The van der Waals surface area contributed by atoms with Gasteiger partial charge in [0.1, 0.15) is 11.9 Å². The molecule has 0 aromatic carbocycles. The molecule has 0 bridgehead atoms. The van der Waals surface area contributed by atoms with Gasteiger partial charge in [-0.3, -0.25) is 4.79 Å². The van der Waals surface area contributed by atoms with Gasteiger partial charge in [0.05, 0.1) is 11.9 Å². The van der Waals surface area contributed by atoms with E-state index in [0.717, 1.165) is 18.5 Å². The van der Waals surface area contributed by atoms with Crippen LogP contribution in [0.5, 0.6) is 0 Å². The second-order valence-electron chi connectivity index (χ2n) is 6.45. The third kappa shape index (κ3) is 5.21. The van der Waals surface area contributed by atoms with E-state index in [0.29, 0.717) is 12.2 Å². The number of rotatable bonds is 2. The van der Waals surface area contributed by atoms with E-state index in [1.54, 1.807) is 13.1 Å². The number of nitrogens with zero attached hydrogens (tertiary/aromatic N) is 2. The van der Waals surface area contributed by atoms with Crippen molar-refractivity contribution in [2.75, 3.05) is 13.1 Å². The van der Waals surface area contributed by atoms with Gasteiger partial charge in [-0.2, -0.15) is 0 Å². The summed E-state index contributed by atoms with van der Waals surface area (Å²) in [5, 5.41) is 3.53. The second-order valence-corrected chi connectivity index (χ2v) is 7.83. The zero-order chi connectivity index (χ0) is 17.0. The summed E-state index contributed by atoms with van der Waals surface area (Å²) in [4.78, 5) is 27.7. The van der Waals surface area contributed by atoms with Crippen LogP contribution in [0.25, 0.3) is 6.08 Å². The Kier molecular flexibility index (Phi) is 5.64. The molecule has 1 atom stereocenters. The van der Waals surface area contributed by atoms with Crippen molar-refractivity contribution in [3.8, 4) is 0 Å². The fourth-order valence-corrected chi connectivity index (χ4v) is 3.25. The van der Waals surface area contributed by atoms with Gasteiger partial charge in [0.15, 0.2) is 5.12 Å². The highest BCUT2D eigenvalue weighted by atomic mass is 32.2. The average Bonchev–Trinajstić information content (AvgIpc) is 2.87. The number of hydrogen-bond donors (Lipinski definition) is 1. The number of carbonyl (C=O) groups excluding carboxylic acids is 2. The van der Waals surface area contributed by atoms with Crippen molar-refractivity contribution < 1.29 is 14.3 Å². The maximum atomic E-state index is 12.2. The number of hydrogen-bond acceptors (Lipinski definition) is 6. The molecule has 2 heterocycles. The molecule has 0 amide bonds. The Hall–Kier alpha value is -1.60. The lowest BCUT2D eigenvalue weighted by molar-refractivity contribution is -0.109. The van der Waals surface area contributed by atoms with E-state index in [4.69, 9.17) is 4.74 Å². The SMILES string of the molecule is CC(=O)SC1CCNCC1=Cc1cncn1C(=O)OC(C)(C)C. The van der Waals surface area contributed by atoms with Gasteiger partial charge < -0.3 is 10.1 Å². The Balaban J connectivity index is 2.23. The molecule has 6 nitrogen and oxygen atoms in total. The fourth-order valence-electron chi connectivity index (χ4n) is 2.31. The number of aromatic nitrogens is 2. The molecule has 1 unspecified atom stereocenters. The molecule has 1 N–H and O–H groups in total. The molecule has 1 aromatic heterocycles. The Labute approximate surface area is 140 Å². The Morgan fingerprint density at radius 2 is 2.22 bits per heavy atom. The summed E-state index contributed by atoms with van der Waals surface area (Å²) in [6.45, 7) is 8.63. The van der Waals surface area contributed by atoms with E-state index in [2.05, 4.69) is 10.3 Å². The van der Waals surface area contributed by atoms with Crippen molar-refractivity contribution in [1.82, 2.24) is 14.9 Å². The molecule has 126 valence electrons. The third-order valence-corrected chi connectivity index (χ3v) is 4.38. The smallest absolute Gasteiger partial charge is 0.420 e. The maximum Gasteiger partial charge on any atom is 0.420 e. The van der Waals surface area contributed by atoms with E-state index in [1.165, 1.54) is 22.7 Å². The first-order valence-electron chi connectivity index (χ1n) is 7.60. The highest BCUT2D eigenvalue weighted by Gasteiger charge is 2.23. The van der Waals surface area contributed by atoms with Crippen molar-refractivity contribution in [2.24, 2.45) is 0 Å². The van der Waals surface area contributed by atoms with Gasteiger partial charge in [-0.1, -0.05) is 11.8 Å². The van der Waals surface area contributed by atoms with Gasteiger partial charge in [0.2, 0.25) is 0 Å². The van der Waals surface area contributed by atoms with Crippen LogP contribution in [0, 0.1) is 0 Å². The van der Waals surface area contributed by atoms with Crippen molar-refractivity contribution >= 4 is 29.0 Å². The minimum absolute atomic E-state index is 0.100. The molecule has 1 aromatic rings. The molecule has 7 heteroatoms. The largest absolute Gasteiger partial charge is 0.443 e. The quantitative estimate of drug-likeness (QED) is 0.894. The number of thioether (sulfide) groups is 1. The molecule has 2 rings (SSSR count). The van der Waals surface area contributed by atoms with Crippen molar-refractivity contribution in [2.45, 2.75) is 45.0 Å². The summed E-state index contributed by atoms with van der Waals surface area (Å²) in [7, 11) is 0. The lowest BCUT2D eigenvalue weighted by Crippen LogP contribution is -2.32. The normalized spacial score (nSPS) is 20.5. The van der Waals surface area contributed by atoms with Crippen molar-refractivity contribution in [3.63, 3.8) is 0 Å². The Morgan fingerprint density at radius 3 is 2.87 bits per heavy atom. The average molecular weight is 337 g/mol. The minimum Gasteiger partial charge on any atom is -0.443 e. The van der Waals surface area contributed by atoms with E-state index in [1.807, 2.05) is 26.8 Å². The van der Waals surface area contributed by atoms with Gasteiger partial charge in [-0.05, 0) is 45.4 Å². The van der Waals surface area contributed by atoms with Crippen LogP contribution in [0.1, 0.15) is 39.8 Å². The van der Waals surface area contributed by atoms with E-state index < -0.39 is 11.7 Å². The van der Waals surface area contributed by atoms with Gasteiger partial charge in [0.25, 0.3) is 0 Å². The van der Waals surface area contributed by atoms with Crippen molar-refractivity contribution in [3.05, 3.63) is 23.8 Å². The van der Waals surface area contributed by atoms with E-state index in [9.17, 15) is 9.59 Å². The van der Waals surface area contributed by atoms with Crippen molar-refractivity contribution in [1.29, 1.82) is 0 Å². The molecular weight excluding hydrogens is 314 g/mol. The van der Waals surface area contributed by atoms with Gasteiger partial charge in [0, 0.05) is 18.7 Å². The number of carbonyl (C=O) groups is 2. The molecule has 1 aliphatic rings. The van der Waals surface area contributed by atoms with Crippen LogP contribution < -0.4 is 5.32 Å². The van der Waals surface area contributed by atoms with Crippen LogP contribution in [0.2, 0.25) is 0 Å². The summed E-state index contributed by atoms with van der Waals surface area (Å²) in [6, 6.07) is 0. The lowest BCUT2D eigenvalue weighted by Gasteiger charge is -2.25. The van der Waals surface area contributed by atoms with Crippen LogP contribution >= 0.6 is 11.8 Å². The van der Waals surface area contributed by atoms with Crippen LogP contribution in [0.15, 0.2) is 18.1 Å². The Bertz CT molecular complexity index is 616. The number of nitrogens with one attached hydrogen (secondary N) is 1. The molecule has 1 aliphatic heterocycles. The highest BCUT2D eigenvalue weighted by Crippen LogP contribution is 2.27. The summed E-state index contributed by atoms with van der Waals surface area (Å²) in [5.74, 6) is 0. The predicted molar refractivity (Wildman–Crippen MR) is 91.4 cm³/mol. The first-order chi connectivity index (χ1) is 10.8. The van der Waals surface area contributed by atoms with Crippen LogP contribution in [0.4, 0.5) is 4.79 Å². The van der Waals surface area contributed by atoms with Crippen LogP contribution in [-0.4, -0.2) is 44.7 Å². The van der Waals surface area contributed by atoms with Crippen LogP contribution in [-0.2, 0) is 9.53 Å². The first-order valence-corrected chi connectivity index (χ1v) is 8.48. The number of piperidine rings is 1. The monoisotopic (exact) mass is 337 g/mol. The van der Waals surface area contributed by atoms with Gasteiger partial charge in [-0.25, -0.2) is 14.3 Å². The second kappa shape index (κ2) is 7.31. The molecule has 1 saturated heterocycles. The third-order valence-electron chi connectivity index (χ3n) is 3.22. The topological polar surface area (TPSA) is 73.2 Å². The molecule has 1 fully saturated rings.